The van der Waals surface area contributed by atoms with E-state index in [2.05, 4.69) is 27.8 Å². The Hall–Kier alpha value is -0.320. The molecule has 0 aliphatic heterocycles. The smallest absolute Gasteiger partial charge is 0.169 e. The normalized spacial score (nSPS) is 17.6. The fourth-order valence-corrected chi connectivity index (χ4v) is 2.57. The van der Waals surface area contributed by atoms with Crippen molar-refractivity contribution in [3.05, 3.63) is 22.6 Å². The lowest BCUT2D eigenvalue weighted by molar-refractivity contribution is 0.171. The van der Waals surface area contributed by atoms with E-state index in [4.69, 9.17) is 10.2 Å². The van der Waals surface area contributed by atoms with Crippen LogP contribution in [0.25, 0.3) is 0 Å². The third kappa shape index (κ3) is 3.57. The maximum absolute atomic E-state index is 5.92. The zero-order valence-corrected chi connectivity index (χ0v) is 11.9. The maximum atomic E-state index is 5.92. The van der Waals surface area contributed by atoms with Crippen molar-refractivity contribution >= 4 is 15.9 Å². The van der Waals surface area contributed by atoms with E-state index in [1.165, 1.54) is 12.8 Å². The topological polar surface area (TPSA) is 42.4 Å². The van der Waals surface area contributed by atoms with Gasteiger partial charge in [0.25, 0.3) is 0 Å². The Bertz CT molecular complexity index is 349. The van der Waals surface area contributed by atoms with Crippen molar-refractivity contribution < 1.29 is 4.42 Å². The van der Waals surface area contributed by atoms with Crippen LogP contribution in [0.15, 0.2) is 21.2 Å². The minimum Gasteiger partial charge on any atom is -0.453 e. The summed E-state index contributed by atoms with van der Waals surface area (Å²) >= 11 is 3.35. The molecule has 1 aliphatic rings. The number of halogens is 1. The summed E-state index contributed by atoms with van der Waals surface area (Å²) in [7, 11) is 0. The number of nitrogens with two attached hydrogens (primary N) is 1. The van der Waals surface area contributed by atoms with Crippen molar-refractivity contribution in [1.82, 2.24) is 4.90 Å². The molecule has 2 N–H and O–H groups in total. The molecule has 3 nitrogen and oxygen atoms in total. The summed E-state index contributed by atoms with van der Waals surface area (Å²) in [6.45, 7) is 5.09. The third-order valence-electron chi connectivity index (χ3n) is 3.29. The molecule has 1 aromatic heterocycles. The molecule has 17 heavy (non-hydrogen) atoms. The molecular weight excluding hydrogens is 280 g/mol. The Morgan fingerprint density at radius 2 is 2.29 bits per heavy atom. The first kappa shape index (κ1) is 13.1. The van der Waals surface area contributed by atoms with E-state index < -0.39 is 0 Å². The van der Waals surface area contributed by atoms with Gasteiger partial charge in [0.05, 0.1) is 6.04 Å². The van der Waals surface area contributed by atoms with Gasteiger partial charge in [0, 0.05) is 13.1 Å². The number of rotatable bonds is 7. The van der Waals surface area contributed by atoms with Gasteiger partial charge in [-0.1, -0.05) is 6.92 Å². The summed E-state index contributed by atoms with van der Waals surface area (Å²) < 4.78 is 6.45. The Balaban J connectivity index is 2.06. The van der Waals surface area contributed by atoms with E-state index >= 15 is 0 Å². The number of furan rings is 1. The molecule has 0 amide bonds. The van der Waals surface area contributed by atoms with Crippen LogP contribution in [0.4, 0.5) is 0 Å². The van der Waals surface area contributed by atoms with Crippen LogP contribution in [0, 0.1) is 5.92 Å². The van der Waals surface area contributed by atoms with Crippen LogP contribution in [-0.2, 0) is 0 Å². The lowest BCUT2D eigenvalue weighted by Gasteiger charge is -2.29. The van der Waals surface area contributed by atoms with Crippen LogP contribution in [0.3, 0.4) is 0 Å². The lowest BCUT2D eigenvalue weighted by Crippen LogP contribution is -2.35. The number of nitrogens with zero attached hydrogens (tertiary/aromatic N) is 1. The standard InChI is InChI=1S/C13H21BrN2O/c1-2-7-16(9-10-3-4-10)11(8-15)12-5-6-13(14)17-12/h5-6,10-11H,2-4,7-9,15H2,1H3. The Morgan fingerprint density at radius 3 is 2.76 bits per heavy atom. The molecule has 0 spiro atoms. The van der Waals surface area contributed by atoms with Gasteiger partial charge in [-0.15, -0.1) is 0 Å². The molecule has 0 radical (unpaired) electrons. The summed E-state index contributed by atoms with van der Waals surface area (Å²) in [5.74, 6) is 1.86. The summed E-state index contributed by atoms with van der Waals surface area (Å²) in [5, 5.41) is 0. The highest BCUT2D eigenvalue weighted by Gasteiger charge is 2.29. The molecule has 4 heteroatoms. The van der Waals surface area contributed by atoms with Crippen LogP contribution in [0.1, 0.15) is 38.0 Å². The Labute approximate surface area is 111 Å². The predicted molar refractivity (Wildman–Crippen MR) is 72.8 cm³/mol. The molecule has 96 valence electrons. The Morgan fingerprint density at radius 1 is 1.53 bits per heavy atom. The van der Waals surface area contributed by atoms with Gasteiger partial charge in [0.2, 0.25) is 0 Å². The Kier molecular flexibility index (Phi) is 4.65. The summed E-state index contributed by atoms with van der Waals surface area (Å²) in [5.41, 5.74) is 5.92. The minimum atomic E-state index is 0.224. The van der Waals surface area contributed by atoms with Crippen LogP contribution in [0.2, 0.25) is 0 Å². The highest BCUT2D eigenvalue weighted by molar-refractivity contribution is 9.10. The van der Waals surface area contributed by atoms with E-state index in [1.54, 1.807) is 0 Å². The second-order valence-corrected chi connectivity index (χ2v) is 5.61. The summed E-state index contributed by atoms with van der Waals surface area (Å²) in [6, 6.07) is 4.19. The molecule has 0 saturated heterocycles. The van der Waals surface area contributed by atoms with Crippen molar-refractivity contribution in [3.63, 3.8) is 0 Å². The highest BCUT2D eigenvalue weighted by Crippen LogP contribution is 2.33. The third-order valence-corrected chi connectivity index (χ3v) is 3.71. The lowest BCUT2D eigenvalue weighted by atomic mass is 10.1. The van der Waals surface area contributed by atoms with E-state index in [0.29, 0.717) is 6.54 Å². The molecule has 1 aliphatic carbocycles. The van der Waals surface area contributed by atoms with Crippen LogP contribution in [0.5, 0.6) is 0 Å². The molecule has 1 unspecified atom stereocenters. The van der Waals surface area contributed by atoms with Gasteiger partial charge in [-0.05, 0) is 59.8 Å². The predicted octanol–water partition coefficient (Wildman–Crippen LogP) is 3.16. The van der Waals surface area contributed by atoms with Gasteiger partial charge >= 0.3 is 0 Å². The molecule has 1 fully saturated rings. The molecule has 1 saturated carbocycles. The van der Waals surface area contributed by atoms with Crippen LogP contribution in [-0.4, -0.2) is 24.5 Å². The first-order chi connectivity index (χ1) is 8.24. The first-order valence-corrected chi connectivity index (χ1v) is 7.23. The molecule has 0 bridgehead atoms. The maximum Gasteiger partial charge on any atom is 0.169 e. The van der Waals surface area contributed by atoms with Crippen molar-refractivity contribution in [3.8, 4) is 0 Å². The zero-order valence-electron chi connectivity index (χ0n) is 10.4. The van der Waals surface area contributed by atoms with E-state index in [1.807, 2.05) is 12.1 Å². The number of hydrogen-bond donors (Lipinski definition) is 1. The van der Waals surface area contributed by atoms with Gasteiger partial charge in [-0.3, -0.25) is 4.90 Å². The molecule has 1 atom stereocenters. The second kappa shape index (κ2) is 6.03. The number of hydrogen-bond acceptors (Lipinski definition) is 3. The first-order valence-electron chi connectivity index (χ1n) is 6.44. The molecular formula is C13H21BrN2O. The summed E-state index contributed by atoms with van der Waals surface area (Å²) in [6.07, 6.45) is 3.91. The van der Waals surface area contributed by atoms with Gasteiger partial charge in [-0.2, -0.15) is 0 Å². The van der Waals surface area contributed by atoms with Crippen LogP contribution >= 0.6 is 15.9 Å². The van der Waals surface area contributed by atoms with Crippen molar-refractivity contribution in [2.45, 2.75) is 32.2 Å². The molecule has 1 aromatic rings. The van der Waals surface area contributed by atoms with Crippen molar-refractivity contribution in [2.24, 2.45) is 11.7 Å². The van der Waals surface area contributed by atoms with Gasteiger partial charge in [0.15, 0.2) is 4.67 Å². The monoisotopic (exact) mass is 300 g/mol. The molecule has 2 rings (SSSR count). The minimum absolute atomic E-state index is 0.224. The van der Waals surface area contributed by atoms with Crippen molar-refractivity contribution in [2.75, 3.05) is 19.6 Å². The van der Waals surface area contributed by atoms with E-state index in [9.17, 15) is 0 Å². The largest absolute Gasteiger partial charge is 0.453 e. The van der Waals surface area contributed by atoms with Gasteiger partial charge in [-0.25, -0.2) is 0 Å². The van der Waals surface area contributed by atoms with E-state index in [0.717, 1.165) is 35.9 Å². The van der Waals surface area contributed by atoms with E-state index in [-0.39, 0.29) is 6.04 Å². The molecule has 0 aromatic carbocycles. The SMILES string of the molecule is CCCN(CC1CC1)C(CN)c1ccc(Br)o1. The van der Waals surface area contributed by atoms with Gasteiger partial charge < -0.3 is 10.2 Å². The second-order valence-electron chi connectivity index (χ2n) is 4.83. The fraction of sp³-hybridized carbons (Fsp3) is 0.692. The molecule has 1 heterocycles. The average Bonchev–Trinajstić information content (AvgIpc) is 3.02. The summed E-state index contributed by atoms with van der Waals surface area (Å²) in [4.78, 5) is 2.48. The van der Waals surface area contributed by atoms with Gasteiger partial charge in [0.1, 0.15) is 5.76 Å². The van der Waals surface area contributed by atoms with Crippen molar-refractivity contribution in [1.29, 1.82) is 0 Å². The highest BCUT2D eigenvalue weighted by atomic mass is 79.9. The van der Waals surface area contributed by atoms with Crippen LogP contribution < -0.4 is 5.73 Å². The average molecular weight is 301 g/mol. The fourth-order valence-electron chi connectivity index (χ4n) is 2.25. The zero-order chi connectivity index (χ0) is 12.3. The quantitative estimate of drug-likeness (QED) is 0.841.